The summed E-state index contributed by atoms with van der Waals surface area (Å²) < 4.78 is 0. The second-order valence-corrected chi connectivity index (χ2v) is 2.92. The number of allylic oxidation sites excluding steroid dienone is 5. The van der Waals surface area contributed by atoms with E-state index in [0.29, 0.717) is 10.1 Å². The summed E-state index contributed by atoms with van der Waals surface area (Å²) in [5.41, 5.74) is 1.04. The zero-order valence-electron chi connectivity index (χ0n) is 6.12. The Hall–Kier alpha value is -0.200. The zero-order chi connectivity index (χ0) is 8.15. The Balaban J connectivity index is 4.42. The van der Waals surface area contributed by atoms with Crippen molar-refractivity contribution in [3.63, 3.8) is 0 Å². The monoisotopic (exact) mass is 176 g/mol. The molecular weight excluding hydrogens is 167 g/mol. The van der Waals surface area contributed by atoms with Crippen molar-refractivity contribution in [2.45, 2.75) is 13.8 Å². The van der Waals surface area contributed by atoms with Crippen LogP contribution >= 0.6 is 23.2 Å². The predicted molar refractivity (Wildman–Crippen MR) is 48.4 cm³/mol. The summed E-state index contributed by atoms with van der Waals surface area (Å²) in [6.07, 6.45) is 3.22. The largest absolute Gasteiger partial charge is 0.0976 e. The Morgan fingerprint density at radius 2 is 1.80 bits per heavy atom. The topological polar surface area (TPSA) is 0 Å². The first-order valence-electron chi connectivity index (χ1n) is 2.90. The summed E-state index contributed by atoms with van der Waals surface area (Å²) >= 11 is 11.4. The maximum atomic E-state index is 5.76. The van der Waals surface area contributed by atoms with Gasteiger partial charge >= 0.3 is 0 Å². The normalized spacial score (nSPS) is 11.0. The van der Waals surface area contributed by atoms with E-state index in [1.165, 1.54) is 0 Å². The van der Waals surface area contributed by atoms with Gasteiger partial charge in [0.15, 0.2) is 0 Å². The Kier molecular flexibility index (Phi) is 4.50. The standard InChI is InChI=1S/C8H10Cl2/c1-4-7(9)5-8(10)6(2)3/h4-5H,1H2,2-3H3. The smallest absolute Gasteiger partial charge is 0.0414 e. The third-order valence-corrected chi connectivity index (χ3v) is 1.69. The molecular formula is C8H10Cl2. The van der Waals surface area contributed by atoms with Crippen LogP contribution in [0.5, 0.6) is 0 Å². The molecule has 0 atom stereocenters. The molecule has 0 fully saturated rings. The van der Waals surface area contributed by atoms with Crippen molar-refractivity contribution >= 4 is 23.2 Å². The summed E-state index contributed by atoms with van der Waals surface area (Å²) in [4.78, 5) is 0. The van der Waals surface area contributed by atoms with Crippen molar-refractivity contribution in [1.29, 1.82) is 0 Å². The molecule has 0 heterocycles. The molecule has 0 rings (SSSR count). The SMILES string of the molecule is C=CC(Cl)=CC(Cl)=C(C)C. The van der Waals surface area contributed by atoms with Crippen molar-refractivity contribution in [3.8, 4) is 0 Å². The number of hydrogen-bond acceptors (Lipinski definition) is 0. The number of rotatable bonds is 2. The molecule has 0 aliphatic heterocycles. The van der Waals surface area contributed by atoms with E-state index in [4.69, 9.17) is 23.2 Å². The first-order chi connectivity index (χ1) is 4.57. The zero-order valence-corrected chi connectivity index (χ0v) is 7.63. The second-order valence-electron chi connectivity index (χ2n) is 2.08. The third-order valence-electron chi connectivity index (χ3n) is 0.937. The van der Waals surface area contributed by atoms with Gasteiger partial charge in [0, 0.05) is 10.1 Å². The van der Waals surface area contributed by atoms with Gasteiger partial charge in [0.25, 0.3) is 0 Å². The van der Waals surface area contributed by atoms with Gasteiger partial charge in [-0.2, -0.15) is 0 Å². The highest BCUT2D eigenvalue weighted by Gasteiger charge is 1.90. The van der Waals surface area contributed by atoms with Crippen LogP contribution in [0.4, 0.5) is 0 Å². The molecule has 0 spiro atoms. The molecule has 0 unspecified atom stereocenters. The van der Waals surface area contributed by atoms with E-state index in [1.54, 1.807) is 12.2 Å². The van der Waals surface area contributed by atoms with Crippen molar-refractivity contribution < 1.29 is 0 Å². The van der Waals surface area contributed by atoms with Crippen LogP contribution in [-0.2, 0) is 0 Å². The summed E-state index contributed by atoms with van der Waals surface area (Å²) in [6.45, 7) is 7.34. The average Bonchev–Trinajstić information content (AvgIpc) is 1.87. The van der Waals surface area contributed by atoms with Crippen LogP contribution < -0.4 is 0 Å². The average molecular weight is 177 g/mol. The first-order valence-corrected chi connectivity index (χ1v) is 3.66. The Morgan fingerprint density at radius 1 is 1.30 bits per heavy atom. The van der Waals surface area contributed by atoms with Crippen LogP contribution in [0.3, 0.4) is 0 Å². The minimum atomic E-state index is 0.561. The summed E-state index contributed by atoms with van der Waals surface area (Å²) in [5, 5.41) is 1.23. The molecule has 0 saturated carbocycles. The molecule has 0 amide bonds. The maximum absolute atomic E-state index is 5.76. The molecule has 0 aromatic carbocycles. The van der Waals surface area contributed by atoms with Crippen LogP contribution in [0, 0.1) is 0 Å². The number of halogens is 2. The van der Waals surface area contributed by atoms with E-state index in [2.05, 4.69) is 6.58 Å². The summed E-state index contributed by atoms with van der Waals surface area (Å²) in [7, 11) is 0. The lowest BCUT2D eigenvalue weighted by Gasteiger charge is -1.92. The van der Waals surface area contributed by atoms with E-state index in [1.807, 2.05) is 13.8 Å². The molecule has 0 aliphatic carbocycles. The van der Waals surface area contributed by atoms with E-state index in [9.17, 15) is 0 Å². The van der Waals surface area contributed by atoms with Gasteiger partial charge in [0.2, 0.25) is 0 Å². The van der Waals surface area contributed by atoms with Crippen molar-refractivity contribution in [3.05, 3.63) is 34.4 Å². The fourth-order valence-corrected chi connectivity index (χ4v) is 0.607. The van der Waals surface area contributed by atoms with Gasteiger partial charge in [-0.25, -0.2) is 0 Å². The molecule has 56 valence electrons. The molecule has 0 saturated heterocycles. The van der Waals surface area contributed by atoms with Gasteiger partial charge in [-0.3, -0.25) is 0 Å². The molecule has 2 heteroatoms. The van der Waals surface area contributed by atoms with E-state index < -0.39 is 0 Å². The molecule has 0 N–H and O–H groups in total. The fourth-order valence-electron chi connectivity index (χ4n) is 0.324. The summed E-state index contributed by atoms with van der Waals surface area (Å²) in [6, 6.07) is 0. The molecule has 0 aromatic rings. The lowest BCUT2D eigenvalue weighted by Crippen LogP contribution is -1.70. The lowest BCUT2D eigenvalue weighted by atomic mass is 10.3. The Morgan fingerprint density at radius 3 is 2.10 bits per heavy atom. The Labute approximate surface area is 71.8 Å². The predicted octanol–water partition coefficient (Wildman–Crippen LogP) is 3.83. The molecule has 0 aliphatic rings. The van der Waals surface area contributed by atoms with Gasteiger partial charge in [0.1, 0.15) is 0 Å². The van der Waals surface area contributed by atoms with Crippen LogP contribution in [0.2, 0.25) is 0 Å². The minimum Gasteiger partial charge on any atom is -0.0976 e. The van der Waals surface area contributed by atoms with Gasteiger partial charge in [-0.05, 0) is 19.9 Å². The van der Waals surface area contributed by atoms with E-state index in [-0.39, 0.29) is 0 Å². The fraction of sp³-hybridized carbons (Fsp3) is 0.250. The quantitative estimate of drug-likeness (QED) is 0.562. The molecule has 0 radical (unpaired) electrons. The lowest BCUT2D eigenvalue weighted by molar-refractivity contribution is 1.37. The van der Waals surface area contributed by atoms with Gasteiger partial charge in [0.05, 0.1) is 0 Å². The molecule has 0 nitrogen and oxygen atoms in total. The number of hydrogen-bond donors (Lipinski definition) is 0. The Bertz CT molecular complexity index is 183. The van der Waals surface area contributed by atoms with E-state index in [0.717, 1.165) is 5.57 Å². The summed E-state index contributed by atoms with van der Waals surface area (Å²) in [5.74, 6) is 0. The molecule has 10 heavy (non-hydrogen) atoms. The van der Waals surface area contributed by atoms with Gasteiger partial charge < -0.3 is 0 Å². The molecule has 0 bridgehead atoms. The van der Waals surface area contributed by atoms with Gasteiger partial charge in [-0.1, -0.05) is 41.4 Å². The second kappa shape index (κ2) is 4.59. The highest BCUT2D eigenvalue weighted by molar-refractivity contribution is 6.35. The van der Waals surface area contributed by atoms with Crippen molar-refractivity contribution in [1.82, 2.24) is 0 Å². The highest BCUT2D eigenvalue weighted by atomic mass is 35.5. The third kappa shape index (κ3) is 3.76. The molecule has 0 aromatic heterocycles. The van der Waals surface area contributed by atoms with Crippen LogP contribution in [-0.4, -0.2) is 0 Å². The highest BCUT2D eigenvalue weighted by Crippen LogP contribution is 2.14. The minimum absolute atomic E-state index is 0.561. The van der Waals surface area contributed by atoms with Crippen molar-refractivity contribution in [2.75, 3.05) is 0 Å². The van der Waals surface area contributed by atoms with Gasteiger partial charge in [-0.15, -0.1) is 0 Å². The first kappa shape index (κ1) is 9.80. The van der Waals surface area contributed by atoms with Crippen LogP contribution in [0.25, 0.3) is 0 Å². The maximum Gasteiger partial charge on any atom is 0.0414 e. The van der Waals surface area contributed by atoms with E-state index >= 15 is 0 Å². The van der Waals surface area contributed by atoms with Crippen LogP contribution in [0.1, 0.15) is 13.8 Å². The van der Waals surface area contributed by atoms with Crippen molar-refractivity contribution in [2.24, 2.45) is 0 Å². The van der Waals surface area contributed by atoms with Crippen LogP contribution in [0.15, 0.2) is 34.4 Å².